The van der Waals surface area contributed by atoms with Crippen molar-refractivity contribution in [2.75, 3.05) is 26.2 Å². The highest BCUT2D eigenvalue weighted by atomic mass is 15.2. The first kappa shape index (κ1) is 14.7. The van der Waals surface area contributed by atoms with Crippen LogP contribution in [0.1, 0.15) is 37.3 Å². The van der Waals surface area contributed by atoms with Crippen LogP contribution in [-0.2, 0) is 0 Å². The number of likely N-dealkylation sites (tertiary alicyclic amines) is 1. The average Bonchev–Trinajstić information content (AvgIpc) is 3.43. The number of nitrogens with two attached hydrogens (primary N) is 1. The summed E-state index contributed by atoms with van der Waals surface area (Å²) in [5.41, 5.74) is 8.70. The van der Waals surface area contributed by atoms with Crippen LogP contribution in [-0.4, -0.2) is 41.9 Å². The Balaban J connectivity index is 1.30. The lowest BCUT2D eigenvalue weighted by Crippen LogP contribution is -2.40. The molecule has 1 saturated carbocycles. The van der Waals surface area contributed by atoms with Gasteiger partial charge in [-0.05, 0) is 50.9 Å². The van der Waals surface area contributed by atoms with Crippen LogP contribution in [0.15, 0.2) is 40.8 Å². The molecule has 1 aromatic rings. The smallest absolute Gasteiger partial charge is 0.105 e. The molecule has 23 heavy (non-hydrogen) atoms. The minimum Gasteiger partial charge on any atom is -0.385 e. The topological polar surface area (TPSA) is 66.5 Å². The van der Waals surface area contributed by atoms with Gasteiger partial charge in [0.25, 0.3) is 0 Å². The van der Waals surface area contributed by atoms with Gasteiger partial charge in [-0.2, -0.15) is 0 Å². The van der Waals surface area contributed by atoms with Gasteiger partial charge in [-0.1, -0.05) is 6.07 Å². The van der Waals surface area contributed by atoms with E-state index in [1.807, 2.05) is 12.3 Å². The third kappa shape index (κ3) is 3.39. The Morgan fingerprint density at radius 1 is 1.13 bits per heavy atom. The van der Waals surface area contributed by atoms with Gasteiger partial charge in [0.1, 0.15) is 11.7 Å². The van der Waals surface area contributed by atoms with Crippen LogP contribution < -0.4 is 11.1 Å². The fraction of sp³-hybridized carbons (Fsp3) is 0.556. The summed E-state index contributed by atoms with van der Waals surface area (Å²) in [7, 11) is 0. The predicted molar refractivity (Wildman–Crippen MR) is 92.0 cm³/mol. The monoisotopic (exact) mass is 311 g/mol. The zero-order chi connectivity index (χ0) is 15.6. The highest BCUT2D eigenvalue weighted by molar-refractivity contribution is 5.88. The van der Waals surface area contributed by atoms with Gasteiger partial charge in [0, 0.05) is 35.8 Å². The Labute approximate surface area is 137 Å². The molecule has 0 unspecified atom stereocenters. The van der Waals surface area contributed by atoms with Crippen molar-refractivity contribution in [3.05, 3.63) is 41.5 Å². The molecule has 4 rings (SSSR count). The Kier molecular flexibility index (Phi) is 4.04. The fourth-order valence-corrected chi connectivity index (χ4v) is 3.53. The van der Waals surface area contributed by atoms with E-state index in [1.54, 1.807) is 0 Å². The SMILES string of the molecule is NC1=C(CN2CCC(c3ccccn3)CC2)CN=C(C2CC2)N1. The van der Waals surface area contributed by atoms with Gasteiger partial charge in [0.05, 0.1) is 6.54 Å². The second-order valence-electron chi connectivity index (χ2n) is 6.92. The molecule has 5 nitrogen and oxygen atoms in total. The quantitative estimate of drug-likeness (QED) is 0.890. The summed E-state index contributed by atoms with van der Waals surface area (Å²) >= 11 is 0. The number of rotatable bonds is 4. The molecular formula is C18H25N5. The first-order valence-corrected chi connectivity index (χ1v) is 8.72. The maximum absolute atomic E-state index is 6.22. The Morgan fingerprint density at radius 2 is 1.96 bits per heavy atom. The molecule has 0 amide bonds. The van der Waals surface area contributed by atoms with Crippen molar-refractivity contribution in [2.45, 2.75) is 31.6 Å². The molecule has 0 spiro atoms. The Bertz CT molecular complexity index is 610. The van der Waals surface area contributed by atoms with E-state index in [0.29, 0.717) is 11.8 Å². The average molecular weight is 311 g/mol. The van der Waals surface area contributed by atoms with Crippen LogP contribution in [0.3, 0.4) is 0 Å². The third-order valence-electron chi connectivity index (χ3n) is 5.16. The van der Waals surface area contributed by atoms with Crippen LogP contribution >= 0.6 is 0 Å². The van der Waals surface area contributed by atoms with Gasteiger partial charge in [0.15, 0.2) is 0 Å². The van der Waals surface area contributed by atoms with E-state index in [-0.39, 0.29) is 0 Å². The molecule has 2 fully saturated rings. The van der Waals surface area contributed by atoms with E-state index in [4.69, 9.17) is 5.73 Å². The highest BCUT2D eigenvalue weighted by Crippen LogP contribution is 2.31. The van der Waals surface area contributed by atoms with E-state index in [1.165, 1.54) is 37.0 Å². The van der Waals surface area contributed by atoms with Gasteiger partial charge in [-0.15, -0.1) is 0 Å². The van der Waals surface area contributed by atoms with Crippen molar-refractivity contribution < 1.29 is 0 Å². The van der Waals surface area contributed by atoms with E-state index in [2.05, 4.69) is 32.3 Å². The lowest BCUT2D eigenvalue weighted by Gasteiger charge is -2.33. The van der Waals surface area contributed by atoms with Crippen molar-refractivity contribution in [3.8, 4) is 0 Å². The molecule has 1 aliphatic carbocycles. The molecule has 1 saturated heterocycles. The molecule has 0 atom stereocenters. The van der Waals surface area contributed by atoms with E-state index in [9.17, 15) is 0 Å². The van der Waals surface area contributed by atoms with Gasteiger partial charge >= 0.3 is 0 Å². The molecule has 122 valence electrons. The first-order valence-electron chi connectivity index (χ1n) is 8.72. The second-order valence-corrected chi connectivity index (χ2v) is 6.92. The lowest BCUT2D eigenvalue weighted by atomic mass is 9.93. The summed E-state index contributed by atoms with van der Waals surface area (Å²) in [5, 5.41) is 3.32. The fourth-order valence-electron chi connectivity index (χ4n) is 3.53. The van der Waals surface area contributed by atoms with Crippen molar-refractivity contribution in [1.82, 2.24) is 15.2 Å². The molecule has 2 aliphatic heterocycles. The minimum atomic E-state index is 0.600. The number of aliphatic imine (C=N–C) groups is 1. The first-order chi connectivity index (χ1) is 11.3. The Hall–Kier alpha value is -1.88. The second kappa shape index (κ2) is 6.32. The lowest BCUT2D eigenvalue weighted by molar-refractivity contribution is 0.225. The maximum atomic E-state index is 6.22. The van der Waals surface area contributed by atoms with Gasteiger partial charge < -0.3 is 11.1 Å². The summed E-state index contributed by atoms with van der Waals surface area (Å²) in [4.78, 5) is 11.7. The number of nitrogens with zero attached hydrogens (tertiary/aromatic N) is 3. The van der Waals surface area contributed by atoms with Crippen molar-refractivity contribution in [3.63, 3.8) is 0 Å². The van der Waals surface area contributed by atoms with E-state index in [0.717, 1.165) is 37.8 Å². The summed E-state index contributed by atoms with van der Waals surface area (Å²) in [6.45, 7) is 3.93. The van der Waals surface area contributed by atoms with Gasteiger partial charge in [-0.25, -0.2) is 0 Å². The van der Waals surface area contributed by atoms with Gasteiger partial charge in [-0.3, -0.25) is 14.9 Å². The standard InChI is InChI=1S/C18H25N5/c19-17-15(11-21-18(22-17)14-4-5-14)12-23-9-6-13(7-10-23)16-3-1-2-8-20-16/h1-3,8,13-14H,4-7,9-12,19H2,(H,21,22). The van der Waals surface area contributed by atoms with E-state index < -0.39 is 0 Å². The number of pyridine rings is 1. The third-order valence-corrected chi connectivity index (χ3v) is 5.16. The number of piperidine rings is 1. The summed E-state index contributed by atoms with van der Waals surface area (Å²) in [5.74, 6) is 3.20. The largest absolute Gasteiger partial charge is 0.385 e. The normalized spacial score (nSPS) is 23.6. The molecule has 0 aromatic carbocycles. The number of nitrogens with one attached hydrogen (secondary N) is 1. The molecule has 0 radical (unpaired) electrons. The molecule has 5 heteroatoms. The zero-order valence-corrected chi connectivity index (χ0v) is 13.5. The minimum absolute atomic E-state index is 0.600. The van der Waals surface area contributed by atoms with Crippen molar-refractivity contribution in [2.24, 2.45) is 16.6 Å². The molecule has 3 N–H and O–H groups in total. The van der Waals surface area contributed by atoms with Gasteiger partial charge in [0.2, 0.25) is 0 Å². The molecular weight excluding hydrogens is 286 g/mol. The van der Waals surface area contributed by atoms with Crippen LogP contribution in [0.25, 0.3) is 0 Å². The number of amidine groups is 1. The number of hydrogen-bond donors (Lipinski definition) is 2. The predicted octanol–water partition coefficient (Wildman–Crippen LogP) is 1.84. The van der Waals surface area contributed by atoms with E-state index >= 15 is 0 Å². The zero-order valence-electron chi connectivity index (χ0n) is 13.5. The van der Waals surface area contributed by atoms with Crippen molar-refractivity contribution in [1.29, 1.82) is 0 Å². The van der Waals surface area contributed by atoms with Crippen LogP contribution in [0.4, 0.5) is 0 Å². The molecule has 3 heterocycles. The molecule has 3 aliphatic rings. The molecule has 1 aromatic heterocycles. The van der Waals surface area contributed by atoms with Crippen molar-refractivity contribution >= 4 is 5.84 Å². The van der Waals surface area contributed by atoms with Crippen LogP contribution in [0, 0.1) is 5.92 Å². The number of aromatic nitrogens is 1. The van der Waals surface area contributed by atoms with Crippen LogP contribution in [0.5, 0.6) is 0 Å². The Morgan fingerprint density at radius 3 is 2.61 bits per heavy atom. The summed E-state index contributed by atoms with van der Waals surface area (Å²) in [6.07, 6.45) is 6.77. The summed E-state index contributed by atoms with van der Waals surface area (Å²) < 4.78 is 0. The maximum Gasteiger partial charge on any atom is 0.105 e. The highest BCUT2D eigenvalue weighted by Gasteiger charge is 2.30. The van der Waals surface area contributed by atoms with Crippen LogP contribution in [0.2, 0.25) is 0 Å². The molecule has 0 bridgehead atoms. The number of hydrogen-bond acceptors (Lipinski definition) is 5. The summed E-state index contributed by atoms with van der Waals surface area (Å²) in [6, 6.07) is 6.23.